The summed E-state index contributed by atoms with van der Waals surface area (Å²) in [4.78, 5) is 23.6. The molecule has 3 atom stereocenters. The largest absolute Gasteiger partial charge is 0.469 e. The van der Waals surface area contributed by atoms with Crippen molar-refractivity contribution in [3.63, 3.8) is 0 Å². The highest BCUT2D eigenvalue weighted by atomic mass is 16.6. The molecule has 1 fully saturated rings. The van der Waals surface area contributed by atoms with Gasteiger partial charge in [-0.15, -0.1) is 0 Å². The molecule has 2 unspecified atom stereocenters. The molecule has 1 saturated heterocycles. The molecule has 1 aliphatic rings. The van der Waals surface area contributed by atoms with E-state index in [9.17, 15) is 9.59 Å². The van der Waals surface area contributed by atoms with E-state index in [0.29, 0.717) is 6.42 Å². The number of cyclic esters (lactones) is 1. The van der Waals surface area contributed by atoms with Gasteiger partial charge in [-0.25, -0.2) is 0 Å². The minimum atomic E-state index is -0.546. The number of carbonyl (C=O) groups excluding carboxylic acids is 2. The SMILES string of the molecule is CC[C@@H]1C(=O)OC(c2ccccc2)C1C(=O)OC. The van der Waals surface area contributed by atoms with Crippen LogP contribution < -0.4 is 0 Å². The van der Waals surface area contributed by atoms with Gasteiger partial charge in [0.1, 0.15) is 12.0 Å². The molecule has 0 aromatic heterocycles. The average molecular weight is 248 g/mol. The third-order valence-corrected chi connectivity index (χ3v) is 3.35. The van der Waals surface area contributed by atoms with Crippen LogP contribution in [0.2, 0.25) is 0 Å². The second-order valence-corrected chi connectivity index (χ2v) is 4.33. The molecule has 0 saturated carbocycles. The Kier molecular flexibility index (Phi) is 3.65. The highest BCUT2D eigenvalue weighted by molar-refractivity contribution is 5.85. The Labute approximate surface area is 106 Å². The molecular formula is C14H16O4. The molecule has 18 heavy (non-hydrogen) atoms. The van der Waals surface area contributed by atoms with Crippen molar-refractivity contribution in [2.24, 2.45) is 11.8 Å². The lowest BCUT2D eigenvalue weighted by molar-refractivity contribution is -0.148. The predicted octanol–water partition coefficient (Wildman–Crippen LogP) is 2.10. The van der Waals surface area contributed by atoms with Crippen molar-refractivity contribution in [3.05, 3.63) is 35.9 Å². The topological polar surface area (TPSA) is 52.6 Å². The zero-order chi connectivity index (χ0) is 13.1. The van der Waals surface area contributed by atoms with Gasteiger partial charge in [-0.3, -0.25) is 9.59 Å². The van der Waals surface area contributed by atoms with E-state index in [4.69, 9.17) is 9.47 Å². The Bertz CT molecular complexity index is 440. The molecule has 0 amide bonds. The van der Waals surface area contributed by atoms with Crippen LogP contribution in [0.1, 0.15) is 25.0 Å². The lowest BCUT2D eigenvalue weighted by Gasteiger charge is -2.18. The summed E-state index contributed by atoms with van der Waals surface area (Å²) in [5.41, 5.74) is 0.831. The maximum Gasteiger partial charge on any atom is 0.313 e. The Morgan fingerprint density at radius 3 is 2.56 bits per heavy atom. The number of benzene rings is 1. The number of esters is 2. The Balaban J connectivity index is 2.34. The molecule has 0 bridgehead atoms. The third-order valence-electron chi connectivity index (χ3n) is 3.35. The summed E-state index contributed by atoms with van der Waals surface area (Å²) in [5, 5.41) is 0. The second-order valence-electron chi connectivity index (χ2n) is 4.33. The number of methoxy groups -OCH3 is 1. The van der Waals surface area contributed by atoms with Gasteiger partial charge in [0, 0.05) is 0 Å². The van der Waals surface area contributed by atoms with Crippen molar-refractivity contribution in [1.82, 2.24) is 0 Å². The monoisotopic (exact) mass is 248 g/mol. The zero-order valence-electron chi connectivity index (χ0n) is 10.5. The van der Waals surface area contributed by atoms with E-state index in [2.05, 4.69) is 0 Å². The molecule has 4 heteroatoms. The van der Waals surface area contributed by atoms with Crippen molar-refractivity contribution >= 4 is 11.9 Å². The van der Waals surface area contributed by atoms with E-state index in [1.54, 1.807) is 0 Å². The van der Waals surface area contributed by atoms with Crippen LogP contribution in [0.25, 0.3) is 0 Å². The number of hydrogen-bond donors (Lipinski definition) is 0. The number of rotatable bonds is 3. The summed E-state index contributed by atoms with van der Waals surface area (Å²) in [7, 11) is 1.33. The second kappa shape index (κ2) is 5.21. The van der Waals surface area contributed by atoms with Crippen molar-refractivity contribution in [2.75, 3.05) is 7.11 Å². The summed E-state index contributed by atoms with van der Waals surface area (Å²) < 4.78 is 10.1. The van der Waals surface area contributed by atoms with Gasteiger partial charge in [0.15, 0.2) is 0 Å². The smallest absolute Gasteiger partial charge is 0.313 e. The van der Waals surface area contributed by atoms with Crippen molar-refractivity contribution in [1.29, 1.82) is 0 Å². The minimum absolute atomic E-state index is 0.318. The molecule has 0 aliphatic carbocycles. The summed E-state index contributed by atoms with van der Waals surface area (Å²) in [6, 6.07) is 9.30. The summed E-state index contributed by atoms with van der Waals surface area (Å²) in [6.45, 7) is 1.87. The fraction of sp³-hybridized carbons (Fsp3) is 0.429. The van der Waals surface area contributed by atoms with Gasteiger partial charge in [-0.2, -0.15) is 0 Å². The van der Waals surface area contributed by atoms with Crippen LogP contribution >= 0.6 is 0 Å². The molecule has 96 valence electrons. The normalized spacial score (nSPS) is 26.8. The Hall–Kier alpha value is -1.84. The van der Waals surface area contributed by atoms with Gasteiger partial charge in [0.25, 0.3) is 0 Å². The zero-order valence-corrected chi connectivity index (χ0v) is 10.5. The molecule has 1 aromatic rings. The van der Waals surface area contributed by atoms with Crippen molar-refractivity contribution < 1.29 is 19.1 Å². The molecule has 0 radical (unpaired) electrons. The number of hydrogen-bond acceptors (Lipinski definition) is 4. The molecule has 2 rings (SSSR count). The van der Waals surface area contributed by atoms with E-state index in [-0.39, 0.29) is 11.9 Å². The average Bonchev–Trinajstić information content (AvgIpc) is 2.75. The fourth-order valence-electron chi connectivity index (χ4n) is 2.41. The molecule has 0 N–H and O–H groups in total. The minimum Gasteiger partial charge on any atom is -0.469 e. The van der Waals surface area contributed by atoms with Gasteiger partial charge >= 0.3 is 11.9 Å². The third kappa shape index (κ3) is 2.10. The highest BCUT2D eigenvalue weighted by Crippen LogP contribution is 2.41. The molecular weight excluding hydrogens is 232 g/mol. The van der Waals surface area contributed by atoms with Crippen LogP contribution in [-0.2, 0) is 19.1 Å². The first kappa shape index (κ1) is 12.6. The lowest BCUT2D eigenvalue weighted by atomic mass is 9.85. The Morgan fingerprint density at radius 2 is 2.00 bits per heavy atom. The molecule has 1 aromatic carbocycles. The number of ether oxygens (including phenoxy) is 2. The maximum atomic E-state index is 11.9. The summed E-state index contributed by atoms with van der Waals surface area (Å²) in [6.07, 6.45) is 0.0400. The van der Waals surface area contributed by atoms with Crippen LogP contribution in [0, 0.1) is 11.8 Å². The van der Waals surface area contributed by atoms with E-state index >= 15 is 0 Å². The first-order valence-electron chi connectivity index (χ1n) is 6.02. The first-order valence-corrected chi connectivity index (χ1v) is 6.02. The van der Waals surface area contributed by atoms with Gasteiger partial charge in [-0.1, -0.05) is 37.3 Å². The van der Waals surface area contributed by atoms with Crippen molar-refractivity contribution in [3.8, 4) is 0 Å². The predicted molar refractivity (Wildman–Crippen MR) is 64.6 cm³/mol. The van der Waals surface area contributed by atoms with Crippen LogP contribution in [0.15, 0.2) is 30.3 Å². The lowest BCUT2D eigenvalue weighted by Crippen LogP contribution is -2.26. The number of carbonyl (C=O) groups is 2. The standard InChI is InChI=1S/C14H16O4/c1-3-10-11(14(16)17-2)12(18-13(10)15)9-7-5-4-6-8-9/h4-8,10-12H,3H2,1-2H3/t10-,11?,12?/m0/s1. The van der Waals surface area contributed by atoms with E-state index < -0.39 is 17.9 Å². The van der Waals surface area contributed by atoms with E-state index in [1.165, 1.54) is 7.11 Å². The first-order chi connectivity index (χ1) is 8.69. The fourth-order valence-corrected chi connectivity index (χ4v) is 2.41. The Morgan fingerprint density at radius 1 is 1.33 bits per heavy atom. The van der Waals surface area contributed by atoms with Crippen LogP contribution in [0.4, 0.5) is 0 Å². The highest BCUT2D eigenvalue weighted by Gasteiger charge is 2.49. The van der Waals surface area contributed by atoms with Crippen LogP contribution in [0.5, 0.6) is 0 Å². The van der Waals surface area contributed by atoms with E-state index in [0.717, 1.165) is 5.56 Å². The van der Waals surface area contributed by atoms with Crippen molar-refractivity contribution in [2.45, 2.75) is 19.4 Å². The van der Waals surface area contributed by atoms with Crippen LogP contribution in [0.3, 0.4) is 0 Å². The summed E-state index contributed by atoms with van der Waals surface area (Å²) >= 11 is 0. The van der Waals surface area contributed by atoms with E-state index in [1.807, 2.05) is 37.3 Å². The van der Waals surface area contributed by atoms with Gasteiger partial charge in [0.05, 0.1) is 13.0 Å². The molecule has 1 heterocycles. The van der Waals surface area contributed by atoms with Gasteiger partial charge in [-0.05, 0) is 12.0 Å². The maximum absolute atomic E-state index is 11.9. The molecule has 1 aliphatic heterocycles. The summed E-state index contributed by atoms with van der Waals surface area (Å²) in [5.74, 6) is -1.67. The quantitative estimate of drug-likeness (QED) is 0.769. The van der Waals surface area contributed by atoms with Gasteiger partial charge in [0.2, 0.25) is 0 Å². The van der Waals surface area contributed by atoms with Crippen LogP contribution in [-0.4, -0.2) is 19.0 Å². The molecule has 0 spiro atoms. The molecule has 4 nitrogen and oxygen atoms in total. The van der Waals surface area contributed by atoms with Gasteiger partial charge < -0.3 is 9.47 Å².